The second-order valence-corrected chi connectivity index (χ2v) is 3.23. The number of ether oxygens (including phenoxy) is 1. The zero-order valence-electron chi connectivity index (χ0n) is 8.64. The first-order valence-corrected chi connectivity index (χ1v) is 4.52. The van der Waals surface area contributed by atoms with Gasteiger partial charge in [0, 0.05) is 0 Å². The Hall–Kier alpha value is -2.25. The van der Waals surface area contributed by atoms with Crippen molar-refractivity contribution in [1.82, 2.24) is 0 Å². The van der Waals surface area contributed by atoms with Crippen LogP contribution >= 0.6 is 0 Å². The zero-order chi connectivity index (χ0) is 13.9. The number of aliphatic carboxylic acids is 2. The normalized spacial score (nSPS) is 11.3. The van der Waals surface area contributed by atoms with E-state index in [1.165, 1.54) is 0 Å². The number of hydrogen-bond donors (Lipinski definition) is 2. The Morgan fingerprint density at radius 1 is 1.17 bits per heavy atom. The van der Waals surface area contributed by atoms with Crippen molar-refractivity contribution in [2.24, 2.45) is 0 Å². The zero-order valence-corrected chi connectivity index (χ0v) is 8.64. The summed E-state index contributed by atoms with van der Waals surface area (Å²) in [4.78, 5) is 21.4. The van der Waals surface area contributed by atoms with Gasteiger partial charge in [-0.05, 0) is 17.7 Å². The van der Waals surface area contributed by atoms with E-state index in [9.17, 15) is 22.8 Å². The van der Waals surface area contributed by atoms with E-state index in [4.69, 9.17) is 10.2 Å². The van der Waals surface area contributed by atoms with Gasteiger partial charge in [-0.3, -0.25) is 9.59 Å². The Labute approximate surface area is 98.4 Å². The van der Waals surface area contributed by atoms with E-state index in [0.29, 0.717) is 0 Å². The first-order valence-electron chi connectivity index (χ1n) is 4.52. The van der Waals surface area contributed by atoms with Crippen molar-refractivity contribution in [3.63, 3.8) is 0 Å². The lowest BCUT2D eigenvalue weighted by Gasteiger charge is -2.12. The Balaban J connectivity index is 3.07. The molecule has 98 valence electrons. The van der Waals surface area contributed by atoms with E-state index in [1.54, 1.807) is 0 Å². The molecule has 1 aromatic rings. The van der Waals surface area contributed by atoms with Crippen LogP contribution in [0.5, 0.6) is 5.75 Å². The van der Waals surface area contributed by atoms with Crippen LogP contribution in [0.2, 0.25) is 0 Å². The molecule has 0 saturated carbocycles. The minimum Gasteiger partial charge on any atom is -0.480 e. The highest BCUT2D eigenvalue weighted by Gasteiger charge is 2.32. The highest BCUT2D eigenvalue weighted by molar-refractivity contribution is 5.99. The first kappa shape index (κ1) is 13.8. The van der Waals surface area contributed by atoms with E-state index in [2.05, 4.69) is 4.74 Å². The van der Waals surface area contributed by atoms with Gasteiger partial charge in [0.05, 0.1) is 0 Å². The Bertz CT molecular complexity index is 455. The molecule has 0 saturated heterocycles. The topological polar surface area (TPSA) is 83.8 Å². The Morgan fingerprint density at radius 3 is 2.17 bits per heavy atom. The summed E-state index contributed by atoms with van der Waals surface area (Å²) in [6.45, 7) is 0. The number of carboxylic acid groups (broad SMARTS) is 2. The summed E-state index contributed by atoms with van der Waals surface area (Å²) in [6, 6.07) is 3.84. The Morgan fingerprint density at radius 2 is 1.72 bits per heavy atom. The standard InChI is InChI=1S/C10H7F3O5/c11-10(12,13)18-6-3-1-2-5(4-6)7(8(14)15)9(16)17/h1-4,7H,(H,14,15)(H,16,17). The number of halogens is 3. The van der Waals surface area contributed by atoms with E-state index in [1.807, 2.05) is 0 Å². The summed E-state index contributed by atoms with van der Waals surface area (Å²) in [5.74, 6) is -5.97. The Kier molecular flexibility index (Phi) is 3.79. The van der Waals surface area contributed by atoms with Crippen LogP contribution in [-0.4, -0.2) is 28.5 Å². The molecule has 2 N–H and O–H groups in total. The number of benzene rings is 1. The molecule has 0 radical (unpaired) electrons. The molecule has 0 aliphatic heterocycles. The minimum absolute atomic E-state index is 0.309. The summed E-state index contributed by atoms with van der Waals surface area (Å²) in [5.41, 5.74) is -0.309. The number of carboxylic acids is 2. The summed E-state index contributed by atoms with van der Waals surface area (Å²) in [7, 11) is 0. The van der Waals surface area contributed by atoms with Crippen LogP contribution in [0.1, 0.15) is 11.5 Å². The molecule has 1 rings (SSSR count). The molecule has 1 aromatic carbocycles. The predicted molar refractivity (Wildman–Crippen MR) is 51.1 cm³/mol. The van der Waals surface area contributed by atoms with E-state index in [-0.39, 0.29) is 5.56 Å². The minimum atomic E-state index is -4.93. The fourth-order valence-corrected chi connectivity index (χ4v) is 1.28. The second-order valence-electron chi connectivity index (χ2n) is 3.23. The predicted octanol–water partition coefficient (Wildman–Crippen LogP) is 1.84. The van der Waals surface area contributed by atoms with Gasteiger partial charge in [-0.25, -0.2) is 0 Å². The van der Waals surface area contributed by atoms with E-state index >= 15 is 0 Å². The molecule has 18 heavy (non-hydrogen) atoms. The average molecular weight is 264 g/mol. The van der Waals surface area contributed by atoms with Crippen LogP contribution in [-0.2, 0) is 9.59 Å². The van der Waals surface area contributed by atoms with Crippen molar-refractivity contribution < 1.29 is 37.7 Å². The largest absolute Gasteiger partial charge is 0.573 e. The van der Waals surface area contributed by atoms with Crippen LogP contribution in [0.3, 0.4) is 0 Å². The second kappa shape index (κ2) is 4.94. The van der Waals surface area contributed by atoms with E-state index < -0.39 is 30.0 Å². The smallest absolute Gasteiger partial charge is 0.480 e. The maximum Gasteiger partial charge on any atom is 0.573 e. The molecular formula is C10H7F3O5. The van der Waals surface area contributed by atoms with E-state index in [0.717, 1.165) is 24.3 Å². The van der Waals surface area contributed by atoms with Crippen molar-refractivity contribution in [3.05, 3.63) is 29.8 Å². The van der Waals surface area contributed by atoms with Crippen LogP contribution < -0.4 is 4.74 Å². The molecule has 0 aliphatic rings. The fraction of sp³-hybridized carbons (Fsp3) is 0.200. The lowest BCUT2D eigenvalue weighted by Crippen LogP contribution is -2.21. The molecule has 0 spiro atoms. The highest BCUT2D eigenvalue weighted by Crippen LogP contribution is 2.26. The van der Waals surface area contributed by atoms with Gasteiger partial charge >= 0.3 is 18.3 Å². The number of alkyl halides is 3. The van der Waals surface area contributed by atoms with Crippen molar-refractivity contribution in [2.45, 2.75) is 12.3 Å². The molecule has 0 amide bonds. The SMILES string of the molecule is O=C(O)C(C(=O)O)c1cccc(OC(F)(F)F)c1. The van der Waals surface area contributed by atoms with Crippen LogP contribution in [0.25, 0.3) is 0 Å². The maximum absolute atomic E-state index is 11.9. The van der Waals surface area contributed by atoms with Gasteiger partial charge in [0.1, 0.15) is 5.75 Å². The molecule has 8 heteroatoms. The monoisotopic (exact) mass is 264 g/mol. The molecule has 0 aliphatic carbocycles. The highest BCUT2D eigenvalue weighted by atomic mass is 19.4. The van der Waals surface area contributed by atoms with Crippen molar-refractivity contribution in [3.8, 4) is 5.75 Å². The molecule has 0 atom stereocenters. The number of carbonyl (C=O) groups is 2. The fourth-order valence-electron chi connectivity index (χ4n) is 1.28. The van der Waals surface area contributed by atoms with Crippen molar-refractivity contribution in [1.29, 1.82) is 0 Å². The molecule has 0 heterocycles. The van der Waals surface area contributed by atoms with Gasteiger partial charge in [0.15, 0.2) is 5.92 Å². The van der Waals surface area contributed by atoms with Crippen LogP contribution in [0.4, 0.5) is 13.2 Å². The molecular weight excluding hydrogens is 257 g/mol. The first-order chi connectivity index (χ1) is 8.20. The van der Waals surface area contributed by atoms with Gasteiger partial charge in [-0.1, -0.05) is 12.1 Å². The molecule has 0 bridgehead atoms. The quantitative estimate of drug-likeness (QED) is 0.810. The third-order valence-electron chi connectivity index (χ3n) is 1.92. The van der Waals surface area contributed by atoms with Gasteiger partial charge in [0.2, 0.25) is 0 Å². The van der Waals surface area contributed by atoms with Crippen LogP contribution in [0, 0.1) is 0 Å². The lowest BCUT2D eigenvalue weighted by atomic mass is 9.99. The summed E-state index contributed by atoms with van der Waals surface area (Å²) < 4.78 is 39.4. The maximum atomic E-state index is 11.9. The lowest BCUT2D eigenvalue weighted by molar-refractivity contribution is -0.274. The molecule has 0 aromatic heterocycles. The number of rotatable bonds is 4. The number of hydrogen-bond acceptors (Lipinski definition) is 3. The molecule has 0 fully saturated rings. The summed E-state index contributed by atoms with van der Waals surface area (Å²) in [5, 5.41) is 17.4. The third kappa shape index (κ3) is 3.65. The molecule has 5 nitrogen and oxygen atoms in total. The van der Waals surface area contributed by atoms with Crippen molar-refractivity contribution in [2.75, 3.05) is 0 Å². The van der Waals surface area contributed by atoms with Crippen LogP contribution in [0.15, 0.2) is 24.3 Å². The van der Waals surface area contributed by atoms with Gasteiger partial charge in [-0.2, -0.15) is 0 Å². The van der Waals surface area contributed by atoms with Gasteiger partial charge < -0.3 is 14.9 Å². The van der Waals surface area contributed by atoms with Gasteiger partial charge in [0.25, 0.3) is 0 Å². The van der Waals surface area contributed by atoms with Gasteiger partial charge in [-0.15, -0.1) is 13.2 Å². The molecule has 0 unspecified atom stereocenters. The summed E-state index contributed by atoms with van der Waals surface area (Å²) >= 11 is 0. The van der Waals surface area contributed by atoms with Crippen molar-refractivity contribution >= 4 is 11.9 Å². The third-order valence-corrected chi connectivity index (χ3v) is 1.92. The summed E-state index contributed by atoms with van der Waals surface area (Å²) in [6.07, 6.45) is -4.93. The average Bonchev–Trinajstić information content (AvgIpc) is 2.13.